The maximum absolute atomic E-state index is 13.8. The number of rotatable bonds is 4. The Morgan fingerprint density at radius 1 is 0.941 bits per heavy atom. The van der Waals surface area contributed by atoms with Crippen molar-refractivity contribution in [3.8, 4) is 11.3 Å². The highest BCUT2D eigenvalue weighted by molar-refractivity contribution is 6.31. The van der Waals surface area contributed by atoms with E-state index < -0.39 is 17.5 Å². The first-order chi connectivity index (χ1) is 16.3. The van der Waals surface area contributed by atoms with Gasteiger partial charge in [0.15, 0.2) is 5.82 Å². The molecule has 0 radical (unpaired) electrons. The van der Waals surface area contributed by atoms with Crippen LogP contribution in [0.25, 0.3) is 11.3 Å². The second kappa shape index (κ2) is 10.2. The molecule has 0 aliphatic rings. The van der Waals surface area contributed by atoms with Crippen LogP contribution in [0.2, 0.25) is 15.1 Å². The highest BCUT2D eigenvalue weighted by Gasteiger charge is 2.14. The van der Waals surface area contributed by atoms with Gasteiger partial charge in [-0.1, -0.05) is 46.9 Å². The number of nitrogens with zero attached hydrogens (tertiary/aromatic N) is 2. The first-order valence-electron chi connectivity index (χ1n) is 9.66. The van der Waals surface area contributed by atoms with Crippen molar-refractivity contribution < 1.29 is 13.6 Å². The largest absolute Gasteiger partial charge is 0.325 e. The molecule has 172 valence electrons. The Bertz CT molecular complexity index is 1390. The van der Waals surface area contributed by atoms with Crippen molar-refractivity contribution >= 4 is 58.2 Å². The summed E-state index contributed by atoms with van der Waals surface area (Å²) in [6, 6.07) is 16.0. The Morgan fingerprint density at radius 2 is 1.76 bits per heavy atom. The van der Waals surface area contributed by atoms with Gasteiger partial charge in [0.2, 0.25) is 5.96 Å². The van der Waals surface area contributed by atoms with Crippen LogP contribution in [-0.2, 0) is 0 Å². The van der Waals surface area contributed by atoms with Crippen molar-refractivity contribution in [1.29, 1.82) is 0 Å². The van der Waals surface area contributed by atoms with Crippen LogP contribution in [0.15, 0.2) is 71.7 Å². The maximum Gasteiger partial charge on any atom is 0.258 e. The van der Waals surface area contributed by atoms with Gasteiger partial charge in [0, 0.05) is 32.9 Å². The van der Waals surface area contributed by atoms with E-state index in [2.05, 4.69) is 25.8 Å². The number of hydrogen-bond donors (Lipinski definition) is 3. The van der Waals surface area contributed by atoms with Gasteiger partial charge in [-0.05, 0) is 48.5 Å². The molecule has 0 aliphatic carbocycles. The zero-order chi connectivity index (χ0) is 24.2. The number of halogens is 5. The average Bonchev–Trinajstić information content (AvgIpc) is 3.23. The van der Waals surface area contributed by atoms with Crippen LogP contribution in [0.4, 0.5) is 20.3 Å². The summed E-state index contributed by atoms with van der Waals surface area (Å²) >= 11 is 17.7. The van der Waals surface area contributed by atoms with Crippen molar-refractivity contribution in [2.45, 2.75) is 0 Å². The van der Waals surface area contributed by atoms with Crippen LogP contribution in [0.1, 0.15) is 10.4 Å². The molecule has 11 heteroatoms. The molecule has 0 bridgehead atoms. The summed E-state index contributed by atoms with van der Waals surface area (Å²) in [6.07, 6.45) is 0. The quantitative estimate of drug-likeness (QED) is 0.203. The molecule has 0 atom stereocenters. The van der Waals surface area contributed by atoms with E-state index in [9.17, 15) is 13.6 Å². The molecule has 1 aromatic heterocycles. The van der Waals surface area contributed by atoms with Gasteiger partial charge in [0.1, 0.15) is 11.6 Å². The van der Waals surface area contributed by atoms with E-state index >= 15 is 0 Å². The molecule has 0 saturated carbocycles. The van der Waals surface area contributed by atoms with Gasteiger partial charge in [-0.15, -0.1) is 0 Å². The number of nitrogens with one attached hydrogen (secondary N) is 3. The predicted octanol–water partition coefficient (Wildman–Crippen LogP) is 6.84. The number of guanidine groups is 1. The fourth-order valence-electron chi connectivity index (χ4n) is 2.95. The van der Waals surface area contributed by atoms with Gasteiger partial charge in [0.25, 0.3) is 5.91 Å². The summed E-state index contributed by atoms with van der Waals surface area (Å²) in [4.78, 5) is 17.0. The SMILES string of the molecule is O=C(NC(=Nc1cc(-c2cccc(Cl)c2)[nH]n1)Nc1cc(F)cc(Cl)c1)c1ccc(Cl)c(F)c1. The minimum Gasteiger partial charge on any atom is -0.325 e. The fraction of sp³-hybridized carbons (Fsp3) is 0. The molecule has 6 nitrogen and oxygen atoms in total. The van der Waals surface area contributed by atoms with Crippen molar-refractivity contribution in [2.75, 3.05) is 5.32 Å². The molecule has 3 aromatic carbocycles. The first-order valence-corrected chi connectivity index (χ1v) is 10.8. The summed E-state index contributed by atoms with van der Waals surface area (Å²) in [5, 5.41) is 12.8. The highest BCUT2D eigenvalue weighted by Crippen LogP contribution is 2.24. The van der Waals surface area contributed by atoms with Crippen LogP contribution in [0.3, 0.4) is 0 Å². The zero-order valence-electron chi connectivity index (χ0n) is 17.0. The Labute approximate surface area is 207 Å². The van der Waals surface area contributed by atoms with E-state index in [0.717, 1.165) is 23.8 Å². The number of amides is 1. The summed E-state index contributed by atoms with van der Waals surface area (Å²) in [5.41, 5.74) is 1.61. The monoisotopic (exact) mass is 519 g/mol. The van der Waals surface area contributed by atoms with Gasteiger partial charge >= 0.3 is 0 Å². The predicted molar refractivity (Wildman–Crippen MR) is 130 cm³/mol. The summed E-state index contributed by atoms with van der Waals surface area (Å²) in [6.45, 7) is 0. The first kappa shape index (κ1) is 23.7. The van der Waals surface area contributed by atoms with Crippen LogP contribution in [0, 0.1) is 11.6 Å². The normalized spacial score (nSPS) is 11.4. The molecule has 4 rings (SSSR count). The Morgan fingerprint density at radius 3 is 2.50 bits per heavy atom. The molecule has 0 fully saturated rings. The lowest BCUT2D eigenvalue weighted by atomic mass is 10.1. The second-order valence-corrected chi connectivity index (χ2v) is 8.26. The van der Waals surface area contributed by atoms with Crippen molar-refractivity contribution in [3.63, 3.8) is 0 Å². The third-order valence-corrected chi connectivity index (χ3v) is 5.23. The molecular formula is C23H14Cl3F2N5O. The van der Waals surface area contributed by atoms with E-state index in [0.29, 0.717) is 10.7 Å². The third kappa shape index (κ3) is 5.91. The van der Waals surface area contributed by atoms with E-state index in [4.69, 9.17) is 34.8 Å². The smallest absolute Gasteiger partial charge is 0.258 e. The lowest BCUT2D eigenvalue weighted by Crippen LogP contribution is -2.36. The van der Waals surface area contributed by atoms with Gasteiger partial charge in [-0.2, -0.15) is 10.1 Å². The zero-order valence-corrected chi connectivity index (χ0v) is 19.3. The highest BCUT2D eigenvalue weighted by atomic mass is 35.5. The third-order valence-electron chi connectivity index (χ3n) is 4.47. The molecule has 0 saturated heterocycles. The number of carbonyl (C=O) groups excluding carboxylic acids is 1. The van der Waals surface area contributed by atoms with E-state index in [-0.39, 0.29) is 33.1 Å². The minimum absolute atomic E-state index is 0.00433. The van der Waals surface area contributed by atoms with E-state index in [1.165, 1.54) is 18.2 Å². The second-order valence-electron chi connectivity index (χ2n) is 6.98. The summed E-state index contributed by atoms with van der Waals surface area (Å²) < 4.78 is 27.6. The number of aliphatic imine (C=N–C) groups is 1. The number of benzene rings is 3. The van der Waals surface area contributed by atoms with Crippen molar-refractivity contribution in [3.05, 3.63) is 99.0 Å². The molecule has 0 aliphatic heterocycles. The summed E-state index contributed by atoms with van der Waals surface area (Å²) in [7, 11) is 0. The van der Waals surface area contributed by atoms with Gasteiger partial charge in [0.05, 0.1) is 10.7 Å². The Hall–Kier alpha value is -3.46. The standard InChI is InChI=1S/C23H14Cl3F2N5O/c24-14-3-1-2-12(6-14)20-11-21(33-32-20)30-23(29-17-9-15(25)8-16(27)10-17)31-22(34)13-4-5-18(26)19(28)7-13/h1-11H,(H3,29,30,31,32,33,34). The van der Waals surface area contributed by atoms with Crippen molar-refractivity contribution in [2.24, 2.45) is 4.99 Å². The number of hydrogen-bond acceptors (Lipinski definition) is 3. The molecule has 3 N–H and O–H groups in total. The number of carbonyl (C=O) groups is 1. The molecule has 1 amide bonds. The topological polar surface area (TPSA) is 82.2 Å². The molecule has 0 unspecified atom stereocenters. The maximum atomic E-state index is 13.8. The number of H-pyrrole nitrogens is 1. The molecule has 4 aromatic rings. The average molecular weight is 521 g/mol. The fourth-order valence-corrected chi connectivity index (χ4v) is 3.48. The number of anilines is 1. The van der Waals surface area contributed by atoms with Crippen LogP contribution in [-0.4, -0.2) is 22.1 Å². The molecule has 34 heavy (non-hydrogen) atoms. The van der Waals surface area contributed by atoms with Crippen molar-refractivity contribution in [1.82, 2.24) is 15.5 Å². The molecule has 1 heterocycles. The minimum atomic E-state index is -0.754. The van der Waals surface area contributed by atoms with Crippen LogP contribution >= 0.6 is 34.8 Å². The Balaban J connectivity index is 1.66. The lowest BCUT2D eigenvalue weighted by Gasteiger charge is -2.12. The van der Waals surface area contributed by atoms with E-state index in [1.807, 2.05) is 6.07 Å². The molecular weight excluding hydrogens is 507 g/mol. The van der Waals surface area contributed by atoms with E-state index in [1.54, 1.807) is 24.3 Å². The van der Waals surface area contributed by atoms with Crippen LogP contribution in [0.5, 0.6) is 0 Å². The lowest BCUT2D eigenvalue weighted by molar-refractivity contribution is 0.0976. The van der Waals surface area contributed by atoms with Gasteiger partial charge < -0.3 is 5.32 Å². The number of aromatic nitrogens is 2. The summed E-state index contributed by atoms with van der Waals surface area (Å²) in [5.74, 6) is -1.94. The van der Waals surface area contributed by atoms with Crippen LogP contribution < -0.4 is 10.6 Å². The number of aromatic amines is 1. The Kier molecular flexibility index (Phi) is 7.12. The molecule has 0 spiro atoms. The van der Waals surface area contributed by atoms with Gasteiger partial charge in [-0.25, -0.2) is 8.78 Å². The van der Waals surface area contributed by atoms with Gasteiger partial charge in [-0.3, -0.25) is 15.2 Å².